The van der Waals surface area contributed by atoms with Crippen LogP contribution in [0.2, 0.25) is 0 Å². The highest BCUT2D eigenvalue weighted by atomic mass is 16.5. The Bertz CT molecular complexity index is 189. The Morgan fingerprint density at radius 3 is 3.21 bits per heavy atom. The van der Waals surface area contributed by atoms with E-state index in [4.69, 9.17) is 4.74 Å². The van der Waals surface area contributed by atoms with Crippen LogP contribution < -0.4 is 10.6 Å². The van der Waals surface area contributed by atoms with E-state index in [1.54, 1.807) is 0 Å². The molecule has 1 saturated heterocycles. The molecular formula is C10H18N2O2. The lowest BCUT2D eigenvalue weighted by Gasteiger charge is -2.10. The molecule has 1 amide bonds. The minimum Gasteiger partial charge on any atom is -0.502 e. The van der Waals surface area contributed by atoms with Crippen LogP contribution in [0.5, 0.6) is 0 Å². The van der Waals surface area contributed by atoms with Crippen LogP contribution in [-0.2, 0) is 9.53 Å². The Morgan fingerprint density at radius 2 is 2.57 bits per heavy atom. The fourth-order valence-corrected chi connectivity index (χ4v) is 1.48. The molecule has 0 aliphatic carbocycles. The number of carbonyl (C=O) groups excluding carboxylic acids is 1. The van der Waals surface area contributed by atoms with Crippen LogP contribution in [0.25, 0.3) is 0 Å². The van der Waals surface area contributed by atoms with Crippen LogP contribution in [0.15, 0.2) is 12.8 Å². The normalized spacial score (nSPS) is 20.4. The van der Waals surface area contributed by atoms with Crippen molar-refractivity contribution >= 4 is 5.91 Å². The van der Waals surface area contributed by atoms with E-state index in [1.165, 1.54) is 6.26 Å². The van der Waals surface area contributed by atoms with Gasteiger partial charge in [-0.3, -0.25) is 4.79 Å². The third-order valence-corrected chi connectivity index (χ3v) is 2.23. The van der Waals surface area contributed by atoms with Gasteiger partial charge in [-0.2, -0.15) is 0 Å². The number of ether oxygens (including phenoxy) is 1. The Kier molecular flexibility index (Phi) is 5.07. The molecule has 0 aromatic heterocycles. The summed E-state index contributed by atoms with van der Waals surface area (Å²) >= 11 is 0. The molecule has 0 spiro atoms. The van der Waals surface area contributed by atoms with Crippen molar-refractivity contribution in [2.24, 2.45) is 0 Å². The average Bonchev–Trinajstić information content (AvgIpc) is 2.70. The van der Waals surface area contributed by atoms with Crippen molar-refractivity contribution in [1.82, 2.24) is 10.6 Å². The van der Waals surface area contributed by atoms with Gasteiger partial charge in [-0.1, -0.05) is 6.58 Å². The minimum absolute atomic E-state index is 0.0234. The summed E-state index contributed by atoms with van der Waals surface area (Å²) in [6.45, 7) is 5.68. The highest BCUT2D eigenvalue weighted by Crippen LogP contribution is 2.04. The zero-order valence-electron chi connectivity index (χ0n) is 8.42. The van der Waals surface area contributed by atoms with E-state index in [2.05, 4.69) is 17.2 Å². The minimum atomic E-state index is 0.0234. The van der Waals surface area contributed by atoms with Gasteiger partial charge in [-0.05, 0) is 25.8 Å². The third-order valence-electron chi connectivity index (χ3n) is 2.23. The van der Waals surface area contributed by atoms with E-state index in [9.17, 15) is 4.79 Å². The first-order valence-electron chi connectivity index (χ1n) is 5.08. The van der Waals surface area contributed by atoms with Crippen LogP contribution in [0.4, 0.5) is 0 Å². The van der Waals surface area contributed by atoms with Gasteiger partial charge in [-0.25, -0.2) is 0 Å². The molecule has 0 saturated carbocycles. The maximum absolute atomic E-state index is 11.4. The molecule has 0 radical (unpaired) electrons. The van der Waals surface area contributed by atoms with E-state index in [0.717, 1.165) is 25.8 Å². The molecular weight excluding hydrogens is 180 g/mol. The molecule has 1 aliphatic rings. The van der Waals surface area contributed by atoms with E-state index < -0.39 is 0 Å². The van der Waals surface area contributed by atoms with Crippen LogP contribution in [-0.4, -0.2) is 31.6 Å². The first-order chi connectivity index (χ1) is 6.84. The maximum atomic E-state index is 11.4. The van der Waals surface area contributed by atoms with E-state index >= 15 is 0 Å². The molecule has 1 atom stereocenters. The smallest absolute Gasteiger partial charge is 0.237 e. The molecule has 14 heavy (non-hydrogen) atoms. The first kappa shape index (κ1) is 11.0. The molecule has 1 rings (SSSR count). The summed E-state index contributed by atoms with van der Waals surface area (Å²) in [5, 5.41) is 6.02. The maximum Gasteiger partial charge on any atom is 0.237 e. The topological polar surface area (TPSA) is 50.4 Å². The van der Waals surface area contributed by atoms with Gasteiger partial charge in [0.15, 0.2) is 0 Å². The van der Waals surface area contributed by atoms with E-state index in [0.29, 0.717) is 13.2 Å². The predicted molar refractivity (Wildman–Crippen MR) is 54.8 cm³/mol. The summed E-state index contributed by atoms with van der Waals surface area (Å²) < 4.78 is 4.94. The molecule has 1 aliphatic heterocycles. The van der Waals surface area contributed by atoms with Gasteiger partial charge in [0.05, 0.1) is 18.9 Å². The quantitative estimate of drug-likeness (QED) is 0.480. The van der Waals surface area contributed by atoms with Crippen LogP contribution in [0.1, 0.15) is 19.3 Å². The largest absolute Gasteiger partial charge is 0.502 e. The standard InChI is InChI=1S/C10H18N2O2/c1-2-14-8-4-7-12-10(13)9-5-3-6-11-9/h2,9,11H,1,3-8H2,(H,12,13)/t9-/m0/s1. The number of hydrogen-bond acceptors (Lipinski definition) is 3. The Hall–Kier alpha value is -1.03. The summed E-state index contributed by atoms with van der Waals surface area (Å²) in [6, 6.07) is 0.0234. The summed E-state index contributed by atoms with van der Waals surface area (Å²) in [5.41, 5.74) is 0. The Morgan fingerprint density at radius 1 is 1.71 bits per heavy atom. The second-order valence-corrected chi connectivity index (χ2v) is 3.33. The molecule has 80 valence electrons. The predicted octanol–water partition coefficient (Wildman–Crippen LogP) is 0.405. The van der Waals surface area contributed by atoms with Gasteiger partial charge in [0.25, 0.3) is 0 Å². The molecule has 4 nitrogen and oxygen atoms in total. The lowest BCUT2D eigenvalue weighted by Crippen LogP contribution is -2.40. The van der Waals surface area contributed by atoms with Crippen molar-refractivity contribution in [1.29, 1.82) is 0 Å². The van der Waals surface area contributed by atoms with Crippen molar-refractivity contribution in [2.45, 2.75) is 25.3 Å². The molecule has 1 fully saturated rings. The highest BCUT2D eigenvalue weighted by molar-refractivity contribution is 5.81. The number of amides is 1. The summed E-state index contributed by atoms with van der Waals surface area (Å²) in [7, 11) is 0. The summed E-state index contributed by atoms with van der Waals surface area (Å²) in [6.07, 6.45) is 4.29. The SMILES string of the molecule is C=COCCCNC(=O)[C@@H]1CCCN1. The lowest BCUT2D eigenvalue weighted by molar-refractivity contribution is -0.122. The van der Waals surface area contributed by atoms with Gasteiger partial charge in [0, 0.05) is 6.54 Å². The summed E-state index contributed by atoms with van der Waals surface area (Å²) in [4.78, 5) is 11.4. The number of carbonyl (C=O) groups is 1. The average molecular weight is 198 g/mol. The number of rotatable bonds is 6. The highest BCUT2D eigenvalue weighted by Gasteiger charge is 2.20. The zero-order chi connectivity index (χ0) is 10.2. The van der Waals surface area contributed by atoms with Crippen LogP contribution in [0, 0.1) is 0 Å². The molecule has 1 heterocycles. The van der Waals surface area contributed by atoms with Crippen molar-refractivity contribution < 1.29 is 9.53 Å². The fourth-order valence-electron chi connectivity index (χ4n) is 1.48. The number of hydrogen-bond donors (Lipinski definition) is 2. The molecule has 0 bridgehead atoms. The van der Waals surface area contributed by atoms with Crippen molar-refractivity contribution in [3.8, 4) is 0 Å². The first-order valence-corrected chi connectivity index (χ1v) is 5.08. The van der Waals surface area contributed by atoms with Crippen molar-refractivity contribution in [3.63, 3.8) is 0 Å². The van der Waals surface area contributed by atoms with Gasteiger partial charge in [0.2, 0.25) is 5.91 Å². The molecule has 0 unspecified atom stereocenters. The zero-order valence-corrected chi connectivity index (χ0v) is 8.42. The lowest BCUT2D eigenvalue weighted by atomic mass is 10.2. The second-order valence-electron chi connectivity index (χ2n) is 3.33. The van der Waals surface area contributed by atoms with E-state index in [-0.39, 0.29) is 11.9 Å². The third kappa shape index (κ3) is 3.79. The second kappa shape index (κ2) is 6.43. The fraction of sp³-hybridized carbons (Fsp3) is 0.700. The molecule has 4 heteroatoms. The van der Waals surface area contributed by atoms with Crippen molar-refractivity contribution in [3.05, 3.63) is 12.8 Å². The Labute approximate surface area is 84.7 Å². The molecule has 0 aromatic carbocycles. The Balaban J connectivity index is 2.00. The molecule has 0 aromatic rings. The molecule has 2 N–H and O–H groups in total. The van der Waals surface area contributed by atoms with Gasteiger partial charge in [0.1, 0.15) is 0 Å². The van der Waals surface area contributed by atoms with E-state index in [1.807, 2.05) is 0 Å². The van der Waals surface area contributed by atoms with Crippen LogP contribution in [0.3, 0.4) is 0 Å². The van der Waals surface area contributed by atoms with Gasteiger partial charge in [-0.15, -0.1) is 0 Å². The number of nitrogens with one attached hydrogen (secondary N) is 2. The monoisotopic (exact) mass is 198 g/mol. The summed E-state index contributed by atoms with van der Waals surface area (Å²) in [5.74, 6) is 0.112. The van der Waals surface area contributed by atoms with Gasteiger partial charge < -0.3 is 15.4 Å². The van der Waals surface area contributed by atoms with Gasteiger partial charge >= 0.3 is 0 Å². The van der Waals surface area contributed by atoms with Crippen molar-refractivity contribution in [2.75, 3.05) is 19.7 Å². The van der Waals surface area contributed by atoms with Crippen LogP contribution >= 0.6 is 0 Å².